The van der Waals surface area contributed by atoms with E-state index in [-0.39, 0.29) is 17.9 Å². The Morgan fingerprint density at radius 1 is 1.47 bits per heavy atom. The van der Waals surface area contributed by atoms with Crippen LogP contribution in [0.1, 0.15) is 22.5 Å². The van der Waals surface area contributed by atoms with Crippen molar-refractivity contribution in [1.29, 1.82) is 0 Å². The van der Waals surface area contributed by atoms with Gasteiger partial charge in [-0.05, 0) is 24.3 Å². The van der Waals surface area contributed by atoms with Crippen LogP contribution in [0.25, 0.3) is 0 Å². The van der Waals surface area contributed by atoms with Crippen LogP contribution >= 0.6 is 11.3 Å². The van der Waals surface area contributed by atoms with Gasteiger partial charge < -0.3 is 9.80 Å². The molecule has 1 aliphatic rings. The molecule has 2 rings (SSSR count). The van der Waals surface area contributed by atoms with Gasteiger partial charge in [0, 0.05) is 20.6 Å². The molecule has 17 heavy (non-hydrogen) atoms. The van der Waals surface area contributed by atoms with Gasteiger partial charge >= 0.3 is 0 Å². The van der Waals surface area contributed by atoms with Crippen LogP contribution in [0, 0.1) is 0 Å². The highest BCUT2D eigenvalue weighted by Crippen LogP contribution is 2.23. The Balaban J connectivity index is 2.15. The quantitative estimate of drug-likeness (QED) is 0.799. The molecule has 0 N–H and O–H groups in total. The highest BCUT2D eigenvalue weighted by molar-refractivity contribution is 7.12. The van der Waals surface area contributed by atoms with Crippen molar-refractivity contribution in [2.45, 2.75) is 18.9 Å². The standard InChI is InChI=1S/C12H16N2O2S/c1-13(2)11(15)9-5-3-7-14(9)12(16)10-6-4-8-17-10/h4,6,8-9H,3,5,7H2,1-2H3/t9-/m0/s1. The van der Waals surface area contributed by atoms with Crippen LogP contribution < -0.4 is 0 Å². The smallest absolute Gasteiger partial charge is 0.264 e. The Bertz CT molecular complexity index is 414. The van der Waals surface area contributed by atoms with Crippen molar-refractivity contribution in [2.75, 3.05) is 20.6 Å². The summed E-state index contributed by atoms with van der Waals surface area (Å²) >= 11 is 1.42. The van der Waals surface area contributed by atoms with Gasteiger partial charge in [0.25, 0.3) is 5.91 Å². The third-order valence-electron chi connectivity index (χ3n) is 2.97. The number of hydrogen-bond acceptors (Lipinski definition) is 3. The molecule has 1 fully saturated rings. The SMILES string of the molecule is CN(C)C(=O)[C@@H]1CCCN1C(=O)c1cccs1. The van der Waals surface area contributed by atoms with Gasteiger partial charge in [-0.2, -0.15) is 0 Å². The van der Waals surface area contributed by atoms with Crippen molar-refractivity contribution in [3.8, 4) is 0 Å². The van der Waals surface area contributed by atoms with Gasteiger partial charge in [-0.1, -0.05) is 6.07 Å². The lowest BCUT2D eigenvalue weighted by Gasteiger charge is -2.25. The molecule has 4 nitrogen and oxygen atoms in total. The fraction of sp³-hybridized carbons (Fsp3) is 0.500. The molecule has 0 bridgehead atoms. The van der Waals surface area contributed by atoms with Crippen LogP contribution in [0.2, 0.25) is 0 Å². The van der Waals surface area contributed by atoms with Crippen LogP contribution in [-0.4, -0.2) is 48.3 Å². The predicted molar refractivity (Wildman–Crippen MR) is 67.1 cm³/mol. The van der Waals surface area contributed by atoms with E-state index in [0.717, 1.165) is 12.8 Å². The molecule has 1 aromatic heterocycles. The lowest BCUT2D eigenvalue weighted by molar-refractivity contribution is -0.132. The van der Waals surface area contributed by atoms with Gasteiger partial charge in [0.05, 0.1) is 4.88 Å². The summed E-state index contributed by atoms with van der Waals surface area (Å²) in [6.07, 6.45) is 1.68. The largest absolute Gasteiger partial charge is 0.347 e. The maximum atomic E-state index is 12.2. The lowest BCUT2D eigenvalue weighted by Crippen LogP contribution is -2.45. The summed E-state index contributed by atoms with van der Waals surface area (Å²) in [5.74, 6) is 0.00473. The topological polar surface area (TPSA) is 40.6 Å². The first-order valence-corrected chi connectivity index (χ1v) is 6.55. The van der Waals surface area contributed by atoms with Gasteiger partial charge in [0.2, 0.25) is 5.91 Å². The summed E-state index contributed by atoms with van der Waals surface area (Å²) < 4.78 is 0. The number of thiophene rings is 1. The summed E-state index contributed by atoms with van der Waals surface area (Å²) in [7, 11) is 3.46. The Labute approximate surface area is 105 Å². The van der Waals surface area contributed by atoms with Gasteiger partial charge in [-0.15, -0.1) is 11.3 Å². The molecular weight excluding hydrogens is 236 g/mol. The van der Waals surface area contributed by atoms with Crippen molar-refractivity contribution in [1.82, 2.24) is 9.80 Å². The number of likely N-dealkylation sites (tertiary alicyclic amines) is 1. The molecule has 92 valence electrons. The van der Waals surface area contributed by atoms with E-state index >= 15 is 0 Å². The van der Waals surface area contributed by atoms with Crippen LogP contribution in [0.15, 0.2) is 17.5 Å². The molecule has 1 aliphatic heterocycles. The molecule has 1 saturated heterocycles. The van der Waals surface area contributed by atoms with E-state index in [0.29, 0.717) is 11.4 Å². The van der Waals surface area contributed by atoms with E-state index in [1.807, 2.05) is 17.5 Å². The maximum absolute atomic E-state index is 12.2. The summed E-state index contributed by atoms with van der Waals surface area (Å²) in [5.41, 5.74) is 0. The Morgan fingerprint density at radius 3 is 2.82 bits per heavy atom. The number of hydrogen-bond donors (Lipinski definition) is 0. The van der Waals surface area contributed by atoms with Gasteiger partial charge in [-0.25, -0.2) is 0 Å². The highest BCUT2D eigenvalue weighted by atomic mass is 32.1. The van der Waals surface area contributed by atoms with E-state index in [4.69, 9.17) is 0 Å². The number of likely N-dealkylation sites (N-methyl/N-ethyl adjacent to an activating group) is 1. The van der Waals surface area contributed by atoms with E-state index in [1.165, 1.54) is 11.3 Å². The second kappa shape index (κ2) is 4.87. The molecule has 1 atom stereocenters. The van der Waals surface area contributed by atoms with Gasteiger partial charge in [-0.3, -0.25) is 9.59 Å². The summed E-state index contributed by atoms with van der Waals surface area (Å²) in [4.78, 5) is 28.2. The molecule has 1 aromatic rings. The zero-order chi connectivity index (χ0) is 12.4. The van der Waals surface area contributed by atoms with Crippen LogP contribution in [0.4, 0.5) is 0 Å². The molecule has 0 aliphatic carbocycles. The minimum Gasteiger partial charge on any atom is -0.347 e. The molecular formula is C12H16N2O2S. The second-order valence-electron chi connectivity index (χ2n) is 4.37. The van der Waals surface area contributed by atoms with Gasteiger partial charge in [0.1, 0.15) is 6.04 Å². The average molecular weight is 252 g/mol. The maximum Gasteiger partial charge on any atom is 0.264 e. The van der Waals surface area contributed by atoms with Crippen LogP contribution in [0.5, 0.6) is 0 Å². The molecule has 0 spiro atoms. The van der Waals surface area contributed by atoms with Crippen molar-refractivity contribution >= 4 is 23.2 Å². The van der Waals surface area contributed by atoms with E-state index in [9.17, 15) is 9.59 Å². The molecule has 0 radical (unpaired) electrons. The molecule has 5 heteroatoms. The summed E-state index contributed by atoms with van der Waals surface area (Å²) in [6.45, 7) is 0.682. The van der Waals surface area contributed by atoms with E-state index in [1.54, 1.807) is 23.9 Å². The number of rotatable bonds is 2. The number of amides is 2. The Morgan fingerprint density at radius 2 is 2.24 bits per heavy atom. The van der Waals surface area contributed by atoms with Crippen molar-refractivity contribution in [3.63, 3.8) is 0 Å². The highest BCUT2D eigenvalue weighted by Gasteiger charge is 2.35. The van der Waals surface area contributed by atoms with Crippen molar-refractivity contribution in [3.05, 3.63) is 22.4 Å². The molecule has 2 amide bonds. The molecule has 0 aromatic carbocycles. The molecule has 0 saturated carbocycles. The minimum absolute atomic E-state index is 0.0160. The van der Waals surface area contributed by atoms with Crippen LogP contribution in [-0.2, 0) is 4.79 Å². The summed E-state index contributed by atoms with van der Waals surface area (Å²) in [5, 5.41) is 1.88. The number of carbonyl (C=O) groups excluding carboxylic acids is 2. The zero-order valence-corrected chi connectivity index (χ0v) is 10.9. The second-order valence-corrected chi connectivity index (χ2v) is 5.31. The van der Waals surface area contributed by atoms with Crippen molar-refractivity contribution < 1.29 is 9.59 Å². The van der Waals surface area contributed by atoms with Crippen LogP contribution in [0.3, 0.4) is 0 Å². The lowest BCUT2D eigenvalue weighted by atomic mass is 10.2. The molecule has 0 unspecified atom stereocenters. The normalized spacial score (nSPS) is 19.4. The van der Waals surface area contributed by atoms with E-state index < -0.39 is 0 Å². The average Bonchev–Trinajstić information content (AvgIpc) is 2.97. The monoisotopic (exact) mass is 252 g/mol. The minimum atomic E-state index is -0.278. The molecule has 2 heterocycles. The van der Waals surface area contributed by atoms with Crippen molar-refractivity contribution in [2.24, 2.45) is 0 Å². The fourth-order valence-corrected chi connectivity index (χ4v) is 2.79. The Kier molecular flexibility index (Phi) is 3.47. The fourth-order valence-electron chi connectivity index (χ4n) is 2.11. The first-order chi connectivity index (χ1) is 8.11. The Hall–Kier alpha value is -1.36. The third-order valence-corrected chi connectivity index (χ3v) is 3.83. The zero-order valence-electron chi connectivity index (χ0n) is 10.0. The summed E-state index contributed by atoms with van der Waals surface area (Å²) in [6, 6.07) is 3.39. The first kappa shape index (κ1) is 12.1. The number of nitrogens with zero attached hydrogens (tertiary/aromatic N) is 2. The van der Waals surface area contributed by atoms with Gasteiger partial charge in [0.15, 0.2) is 0 Å². The predicted octanol–water partition coefficient (Wildman–Crippen LogP) is 1.44. The van der Waals surface area contributed by atoms with E-state index in [2.05, 4.69) is 0 Å². The first-order valence-electron chi connectivity index (χ1n) is 5.67. The third kappa shape index (κ3) is 2.34. The number of carbonyl (C=O) groups is 2.